The molecule has 4 rings (SSSR count). The van der Waals surface area contributed by atoms with Gasteiger partial charge >= 0.3 is 0 Å². The first-order valence-electron chi connectivity index (χ1n) is 10.3. The number of benzene rings is 2. The van der Waals surface area contributed by atoms with Gasteiger partial charge in [0.15, 0.2) is 0 Å². The maximum Gasteiger partial charge on any atom is 0.272 e. The molecule has 3 aromatic rings. The van der Waals surface area contributed by atoms with Gasteiger partial charge in [-0.2, -0.15) is 0 Å². The molecule has 1 fully saturated rings. The van der Waals surface area contributed by atoms with Gasteiger partial charge in [-0.15, -0.1) is 0 Å². The number of aromatic nitrogens is 1. The molecular formula is C24H29N3O2. The van der Waals surface area contributed by atoms with Gasteiger partial charge in [-0.25, -0.2) is 0 Å². The Hall–Kier alpha value is -2.79. The molecule has 2 heterocycles. The fourth-order valence-electron chi connectivity index (χ4n) is 4.03. The van der Waals surface area contributed by atoms with E-state index in [9.17, 15) is 4.79 Å². The van der Waals surface area contributed by atoms with Crippen molar-refractivity contribution in [1.82, 2.24) is 9.47 Å². The number of nitrogens with zero attached hydrogens (tertiary/aromatic N) is 2. The first kappa shape index (κ1) is 19.5. The number of anilines is 1. The molecule has 1 aromatic heterocycles. The Bertz CT molecular complexity index is 1030. The number of amides is 1. The molecule has 0 unspecified atom stereocenters. The normalized spacial score (nSPS) is 14.4. The van der Waals surface area contributed by atoms with Crippen LogP contribution in [-0.4, -0.2) is 41.6 Å². The number of fused-ring (bicyclic) bond motifs is 1. The van der Waals surface area contributed by atoms with Crippen molar-refractivity contribution in [1.29, 1.82) is 0 Å². The third kappa shape index (κ3) is 4.30. The molecule has 1 saturated heterocycles. The number of hydrogen-bond donors (Lipinski definition) is 1. The van der Waals surface area contributed by atoms with E-state index in [1.807, 2.05) is 42.8 Å². The van der Waals surface area contributed by atoms with Crippen LogP contribution in [0.4, 0.5) is 5.69 Å². The van der Waals surface area contributed by atoms with Crippen molar-refractivity contribution in [2.24, 2.45) is 7.05 Å². The first-order chi connectivity index (χ1) is 14.0. The van der Waals surface area contributed by atoms with E-state index in [4.69, 9.17) is 4.74 Å². The zero-order valence-corrected chi connectivity index (χ0v) is 17.5. The minimum atomic E-state index is -0.128. The Morgan fingerprint density at radius 3 is 2.55 bits per heavy atom. The molecular weight excluding hydrogens is 362 g/mol. The lowest BCUT2D eigenvalue weighted by Gasteiger charge is -2.17. The number of rotatable bonds is 6. The van der Waals surface area contributed by atoms with Gasteiger partial charge < -0.3 is 14.6 Å². The Balaban J connectivity index is 1.51. The summed E-state index contributed by atoms with van der Waals surface area (Å²) in [7, 11) is 1.93. The van der Waals surface area contributed by atoms with Crippen LogP contribution in [0.3, 0.4) is 0 Å². The van der Waals surface area contributed by atoms with Gasteiger partial charge in [0.05, 0.1) is 5.69 Å². The monoisotopic (exact) mass is 391 g/mol. The van der Waals surface area contributed by atoms with Gasteiger partial charge in [-0.05, 0) is 75.7 Å². The van der Waals surface area contributed by atoms with Crippen molar-refractivity contribution in [2.75, 3.05) is 31.6 Å². The number of carbonyl (C=O) groups is 1. The molecule has 0 radical (unpaired) electrons. The molecule has 29 heavy (non-hydrogen) atoms. The Morgan fingerprint density at radius 1 is 1.03 bits per heavy atom. The third-order valence-corrected chi connectivity index (χ3v) is 5.68. The topological polar surface area (TPSA) is 46.5 Å². The summed E-state index contributed by atoms with van der Waals surface area (Å²) in [5.41, 5.74) is 4.67. The molecule has 0 aliphatic carbocycles. The van der Waals surface area contributed by atoms with Crippen LogP contribution in [0, 0.1) is 13.8 Å². The molecule has 5 heteroatoms. The summed E-state index contributed by atoms with van der Waals surface area (Å²) in [5.74, 6) is 0.592. The second-order valence-corrected chi connectivity index (χ2v) is 8.00. The summed E-state index contributed by atoms with van der Waals surface area (Å²) < 4.78 is 7.97. The number of aryl methyl sites for hydroxylation is 3. The van der Waals surface area contributed by atoms with E-state index in [2.05, 4.69) is 35.3 Å². The fraction of sp³-hybridized carbons (Fsp3) is 0.375. The zero-order chi connectivity index (χ0) is 20.4. The van der Waals surface area contributed by atoms with Gasteiger partial charge in [-0.3, -0.25) is 9.69 Å². The lowest BCUT2D eigenvalue weighted by atomic mass is 10.2. The lowest BCUT2D eigenvalue weighted by molar-refractivity contribution is 0.101. The van der Waals surface area contributed by atoms with Crippen LogP contribution in [0.1, 0.15) is 34.5 Å². The molecule has 1 N–H and O–H groups in total. The van der Waals surface area contributed by atoms with Crippen LogP contribution >= 0.6 is 0 Å². The summed E-state index contributed by atoms with van der Waals surface area (Å²) >= 11 is 0. The SMILES string of the molecule is Cc1ccc(OCCN2CCCC2)c(NC(=O)c2cc3cc(C)ccc3n2C)c1. The predicted molar refractivity (Wildman–Crippen MR) is 118 cm³/mol. The number of ether oxygens (including phenoxy) is 1. The maximum absolute atomic E-state index is 13.0. The highest BCUT2D eigenvalue weighted by atomic mass is 16.5. The molecule has 0 bridgehead atoms. The number of likely N-dealkylation sites (tertiary alicyclic amines) is 1. The Kier molecular flexibility index (Phi) is 5.58. The van der Waals surface area contributed by atoms with Crippen LogP contribution in [0.15, 0.2) is 42.5 Å². The van der Waals surface area contributed by atoms with Crippen molar-refractivity contribution in [3.63, 3.8) is 0 Å². The Labute approximate surface area is 172 Å². The van der Waals surface area contributed by atoms with Crippen LogP contribution in [0.2, 0.25) is 0 Å². The van der Waals surface area contributed by atoms with E-state index in [-0.39, 0.29) is 5.91 Å². The zero-order valence-electron chi connectivity index (χ0n) is 17.5. The quantitative estimate of drug-likeness (QED) is 0.672. The molecule has 1 amide bonds. The van der Waals surface area contributed by atoms with Gasteiger partial charge in [0.25, 0.3) is 5.91 Å². The number of carbonyl (C=O) groups excluding carboxylic acids is 1. The second kappa shape index (κ2) is 8.29. The van der Waals surface area contributed by atoms with E-state index in [0.29, 0.717) is 12.3 Å². The highest BCUT2D eigenvalue weighted by Gasteiger charge is 2.16. The van der Waals surface area contributed by atoms with Crippen molar-refractivity contribution in [2.45, 2.75) is 26.7 Å². The van der Waals surface area contributed by atoms with Crippen molar-refractivity contribution in [3.8, 4) is 5.75 Å². The number of nitrogens with one attached hydrogen (secondary N) is 1. The summed E-state index contributed by atoms with van der Waals surface area (Å²) in [6, 6.07) is 14.1. The van der Waals surface area contributed by atoms with Crippen LogP contribution < -0.4 is 10.1 Å². The standard InChI is InChI=1S/C24H29N3O2/c1-17-6-8-21-19(14-17)16-22(26(21)3)24(28)25-20-15-18(2)7-9-23(20)29-13-12-27-10-4-5-11-27/h6-9,14-16H,4-5,10-13H2,1-3H3,(H,25,28). The molecule has 5 nitrogen and oxygen atoms in total. The molecule has 152 valence electrons. The third-order valence-electron chi connectivity index (χ3n) is 5.68. The molecule has 1 aliphatic heterocycles. The average Bonchev–Trinajstić information content (AvgIpc) is 3.31. The summed E-state index contributed by atoms with van der Waals surface area (Å²) in [5, 5.41) is 4.14. The molecule has 1 aliphatic rings. The van der Waals surface area contributed by atoms with E-state index in [0.717, 1.165) is 47.5 Å². The van der Waals surface area contributed by atoms with Crippen LogP contribution in [0.5, 0.6) is 5.75 Å². The number of hydrogen-bond acceptors (Lipinski definition) is 3. The van der Waals surface area contributed by atoms with E-state index in [1.54, 1.807) is 0 Å². The lowest BCUT2D eigenvalue weighted by Crippen LogP contribution is -2.25. The van der Waals surface area contributed by atoms with E-state index < -0.39 is 0 Å². The van der Waals surface area contributed by atoms with Gasteiger partial charge in [0.2, 0.25) is 0 Å². The fourth-order valence-corrected chi connectivity index (χ4v) is 4.03. The van der Waals surface area contributed by atoms with Crippen molar-refractivity contribution < 1.29 is 9.53 Å². The molecule has 2 aromatic carbocycles. The summed E-state index contributed by atoms with van der Waals surface area (Å²) in [6.45, 7) is 7.93. The molecule has 0 saturated carbocycles. The van der Waals surface area contributed by atoms with E-state index >= 15 is 0 Å². The minimum absolute atomic E-state index is 0.128. The maximum atomic E-state index is 13.0. The smallest absolute Gasteiger partial charge is 0.272 e. The largest absolute Gasteiger partial charge is 0.490 e. The van der Waals surface area contributed by atoms with E-state index in [1.165, 1.54) is 18.4 Å². The summed E-state index contributed by atoms with van der Waals surface area (Å²) in [6.07, 6.45) is 2.55. The van der Waals surface area contributed by atoms with Crippen LogP contribution in [0.25, 0.3) is 10.9 Å². The Morgan fingerprint density at radius 2 is 1.76 bits per heavy atom. The van der Waals surface area contributed by atoms with Gasteiger partial charge in [-0.1, -0.05) is 17.7 Å². The predicted octanol–water partition coefficient (Wildman–Crippen LogP) is 4.52. The van der Waals surface area contributed by atoms with Gasteiger partial charge in [0, 0.05) is 24.5 Å². The first-order valence-corrected chi connectivity index (χ1v) is 10.3. The highest BCUT2D eigenvalue weighted by Crippen LogP contribution is 2.27. The van der Waals surface area contributed by atoms with Crippen molar-refractivity contribution in [3.05, 3.63) is 59.3 Å². The van der Waals surface area contributed by atoms with Crippen LogP contribution in [-0.2, 0) is 7.05 Å². The van der Waals surface area contributed by atoms with Gasteiger partial charge in [0.1, 0.15) is 18.1 Å². The highest BCUT2D eigenvalue weighted by molar-refractivity contribution is 6.07. The summed E-state index contributed by atoms with van der Waals surface area (Å²) in [4.78, 5) is 15.5. The minimum Gasteiger partial charge on any atom is -0.490 e. The molecule has 0 atom stereocenters. The molecule has 0 spiro atoms. The second-order valence-electron chi connectivity index (χ2n) is 8.00. The average molecular weight is 392 g/mol. The van der Waals surface area contributed by atoms with Crippen molar-refractivity contribution >= 4 is 22.5 Å².